The number of nitrogens with zero attached hydrogens (tertiary/aromatic N) is 5. The van der Waals surface area contributed by atoms with Crippen LogP contribution in [0.5, 0.6) is 0 Å². The average molecular weight is 274 g/mol. The van der Waals surface area contributed by atoms with E-state index in [2.05, 4.69) is 20.4 Å². The van der Waals surface area contributed by atoms with Crippen molar-refractivity contribution in [2.75, 3.05) is 18.4 Å². The summed E-state index contributed by atoms with van der Waals surface area (Å²) in [5.41, 5.74) is 0.753. The number of carbonyl (C=O) groups is 1. The van der Waals surface area contributed by atoms with Gasteiger partial charge in [-0.25, -0.2) is 9.97 Å². The first-order chi connectivity index (χ1) is 9.66. The molecule has 0 radical (unpaired) electrons. The van der Waals surface area contributed by atoms with E-state index >= 15 is 0 Å². The highest BCUT2D eigenvalue weighted by Gasteiger charge is 2.24. The lowest BCUT2D eigenvalue weighted by atomic mass is 10.2. The van der Waals surface area contributed by atoms with Crippen LogP contribution in [0, 0.1) is 0 Å². The van der Waals surface area contributed by atoms with Gasteiger partial charge in [-0.2, -0.15) is 5.10 Å². The summed E-state index contributed by atoms with van der Waals surface area (Å²) in [5.74, 6) is 0.779. The maximum absolute atomic E-state index is 12.3. The molecule has 1 fully saturated rings. The largest absolute Gasteiger partial charge is 0.358 e. The molecule has 7 heteroatoms. The molecule has 7 nitrogen and oxygen atoms in total. The van der Waals surface area contributed by atoms with Crippen molar-refractivity contribution < 1.29 is 4.79 Å². The Kier molecular flexibility index (Phi) is 3.25. The molecule has 1 N–H and O–H groups in total. The minimum atomic E-state index is -0.300. The molecule has 0 bridgehead atoms. The maximum atomic E-state index is 12.3. The Bertz CT molecular complexity index is 631. The van der Waals surface area contributed by atoms with Gasteiger partial charge in [0.25, 0.3) is 0 Å². The number of carbonyl (C=O) groups excluding carboxylic acids is 1. The SMILES string of the molecule is CC(Nc1ncnc2c1cnn2C)C(=O)N1CCCC1. The summed E-state index contributed by atoms with van der Waals surface area (Å²) in [6.07, 6.45) is 5.39. The van der Waals surface area contributed by atoms with Gasteiger partial charge in [0.05, 0.1) is 11.6 Å². The second-order valence-corrected chi connectivity index (χ2v) is 5.13. The molecule has 1 saturated heterocycles. The van der Waals surface area contributed by atoms with Crippen molar-refractivity contribution in [1.29, 1.82) is 0 Å². The molecule has 1 unspecified atom stereocenters. The zero-order valence-corrected chi connectivity index (χ0v) is 11.7. The van der Waals surface area contributed by atoms with Crippen molar-refractivity contribution in [1.82, 2.24) is 24.6 Å². The first-order valence-corrected chi connectivity index (χ1v) is 6.85. The molecular weight excluding hydrogens is 256 g/mol. The van der Waals surface area contributed by atoms with Gasteiger partial charge >= 0.3 is 0 Å². The fourth-order valence-corrected chi connectivity index (χ4v) is 2.56. The lowest BCUT2D eigenvalue weighted by Gasteiger charge is -2.21. The fourth-order valence-electron chi connectivity index (χ4n) is 2.56. The minimum absolute atomic E-state index is 0.123. The van der Waals surface area contributed by atoms with Gasteiger partial charge < -0.3 is 10.2 Å². The van der Waals surface area contributed by atoms with Crippen molar-refractivity contribution in [2.45, 2.75) is 25.8 Å². The lowest BCUT2D eigenvalue weighted by Crippen LogP contribution is -2.39. The van der Waals surface area contributed by atoms with E-state index < -0.39 is 0 Å². The smallest absolute Gasteiger partial charge is 0.244 e. The quantitative estimate of drug-likeness (QED) is 0.895. The van der Waals surface area contributed by atoms with Crippen molar-refractivity contribution in [2.24, 2.45) is 7.05 Å². The van der Waals surface area contributed by atoms with Gasteiger partial charge in [-0.1, -0.05) is 0 Å². The summed E-state index contributed by atoms with van der Waals surface area (Å²) in [7, 11) is 1.83. The van der Waals surface area contributed by atoms with Crippen molar-refractivity contribution in [3.63, 3.8) is 0 Å². The van der Waals surface area contributed by atoms with Gasteiger partial charge in [-0.3, -0.25) is 9.48 Å². The molecule has 106 valence electrons. The molecule has 2 aromatic heterocycles. The molecule has 0 spiro atoms. The monoisotopic (exact) mass is 274 g/mol. The standard InChI is InChI=1S/C13H18N6O/c1-9(13(20)19-5-3-4-6-19)17-11-10-7-16-18(2)12(10)15-8-14-11/h7-9H,3-6H2,1-2H3,(H,14,15,17). The fraction of sp³-hybridized carbons (Fsp3) is 0.538. The van der Waals surface area contributed by atoms with E-state index in [1.165, 1.54) is 6.33 Å². The molecule has 1 aliphatic rings. The predicted molar refractivity (Wildman–Crippen MR) is 75.2 cm³/mol. The first kappa shape index (κ1) is 12.8. The van der Waals surface area contributed by atoms with Crippen LogP contribution in [0.25, 0.3) is 11.0 Å². The predicted octanol–water partition coefficient (Wildman–Crippen LogP) is 0.786. The summed E-state index contributed by atoms with van der Waals surface area (Å²) in [6, 6.07) is -0.300. The summed E-state index contributed by atoms with van der Waals surface area (Å²) < 4.78 is 1.69. The third-order valence-corrected chi connectivity index (χ3v) is 3.67. The average Bonchev–Trinajstić information content (AvgIpc) is 3.09. The van der Waals surface area contributed by atoms with Crippen molar-refractivity contribution in [3.05, 3.63) is 12.5 Å². The number of hydrogen-bond acceptors (Lipinski definition) is 5. The summed E-state index contributed by atoms with van der Waals surface area (Å²) in [6.45, 7) is 3.58. The number of aromatic nitrogens is 4. The van der Waals surface area contributed by atoms with Crippen LogP contribution in [0.2, 0.25) is 0 Å². The van der Waals surface area contributed by atoms with E-state index in [9.17, 15) is 4.79 Å². The van der Waals surface area contributed by atoms with E-state index in [0.29, 0.717) is 5.82 Å². The Balaban J connectivity index is 1.80. The highest BCUT2D eigenvalue weighted by Crippen LogP contribution is 2.19. The van der Waals surface area contributed by atoms with E-state index in [4.69, 9.17) is 0 Å². The Morgan fingerprint density at radius 3 is 2.85 bits per heavy atom. The first-order valence-electron chi connectivity index (χ1n) is 6.85. The van der Waals surface area contributed by atoms with Crippen LogP contribution in [0.4, 0.5) is 5.82 Å². The van der Waals surface area contributed by atoms with E-state index in [0.717, 1.165) is 37.0 Å². The molecule has 3 heterocycles. The van der Waals surface area contributed by atoms with Crippen LogP contribution in [-0.2, 0) is 11.8 Å². The molecule has 0 aliphatic carbocycles. The number of likely N-dealkylation sites (tertiary alicyclic amines) is 1. The Morgan fingerprint density at radius 1 is 1.35 bits per heavy atom. The molecule has 0 aromatic carbocycles. The van der Waals surface area contributed by atoms with Gasteiger partial charge in [-0.05, 0) is 19.8 Å². The maximum Gasteiger partial charge on any atom is 0.244 e. The van der Waals surface area contributed by atoms with Crippen LogP contribution in [0.3, 0.4) is 0 Å². The lowest BCUT2D eigenvalue weighted by molar-refractivity contribution is -0.130. The third kappa shape index (κ3) is 2.19. The molecule has 3 rings (SSSR count). The summed E-state index contributed by atoms with van der Waals surface area (Å²) in [4.78, 5) is 22.6. The van der Waals surface area contributed by atoms with E-state index in [1.54, 1.807) is 10.9 Å². The van der Waals surface area contributed by atoms with Gasteiger partial charge in [0.2, 0.25) is 5.91 Å². The van der Waals surface area contributed by atoms with Crippen LogP contribution in [0.15, 0.2) is 12.5 Å². The third-order valence-electron chi connectivity index (χ3n) is 3.67. The number of nitrogens with one attached hydrogen (secondary N) is 1. The molecular formula is C13H18N6O. The number of amides is 1. The van der Waals surface area contributed by atoms with Gasteiger partial charge in [-0.15, -0.1) is 0 Å². The molecule has 2 aromatic rings. The number of fused-ring (bicyclic) bond motifs is 1. The van der Waals surface area contributed by atoms with E-state index in [-0.39, 0.29) is 11.9 Å². The second kappa shape index (κ2) is 5.07. The Morgan fingerprint density at radius 2 is 2.10 bits per heavy atom. The molecule has 1 aliphatic heterocycles. The number of aryl methyl sites for hydroxylation is 1. The Labute approximate surface area is 117 Å². The zero-order valence-electron chi connectivity index (χ0n) is 11.7. The van der Waals surface area contributed by atoms with Crippen molar-refractivity contribution in [3.8, 4) is 0 Å². The summed E-state index contributed by atoms with van der Waals surface area (Å²) in [5, 5.41) is 8.17. The van der Waals surface area contributed by atoms with Crippen LogP contribution < -0.4 is 5.32 Å². The molecule has 1 atom stereocenters. The van der Waals surface area contributed by atoms with E-state index in [1.807, 2.05) is 18.9 Å². The minimum Gasteiger partial charge on any atom is -0.358 e. The topological polar surface area (TPSA) is 75.9 Å². The number of anilines is 1. The van der Waals surface area contributed by atoms with Gasteiger partial charge in [0, 0.05) is 20.1 Å². The molecule has 20 heavy (non-hydrogen) atoms. The van der Waals surface area contributed by atoms with Crippen molar-refractivity contribution >= 4 is 22.8 Å². The van der Waals surface area contributed by atoms with Crippen LogP contribution >= 0.6 is 0 Å². The highest BCUT2D eigenvalue weighted by molar-refractivity contribution is 5.90. The van der Waals surface area contributed by atoms with Gasteiger partial charge in [0.15, 0.2) is 5.65 Å². The molecule has 1 amide bonds. The normalized spacial score (nSPS) is 16.6. The number of hydrogen-bond donors (Lipinski definition) is 1. The summed E-state index contributed by atoms with van der Waals surface area (Å²) >= 11 is 0. The highest BCUT2D eigenvalue weighted by atomic mass is 16.2. The van der Waals surface area contributed by atoms with Crippen LogP contribution in [-0.4, -0.2) is 49.7 Å². The Hall–Kier alpha value is -2.18. The van der Waals surface area contributed by atoms with Gasteiger partial charge in [0.1, 0.15) is 18.2 Å². The number of rotatable bonds is 3. The second-order valence-electron chi connectivity index (χ2n) is 5.13. The zero-order chi connectivity index (χ0) is 14.1. The molecule has 0 saturated carbocycles. The van der Waals surface area contributed by atoms with Crippen LogP contribution in [0.1, 0.15) is 19.8 Å².